The standard InChI is InChI=1S/C13H9BrFNO2S/c14-10-6-5-9(11(15)7-10)8-19-13-4-2-1-3-12(13)16(17)18/h1-7H,8H2. The summed E-state index contributed by atoms with van der Waals surface area (Å²) in [6.07, 6.45) is 0. The van der Waals surface area contributed by atoms with Gasteiger partial charge >= 0.3 is 0 Å². The van der Waals surface area contributed by atoms with E-state index in [1.54, 1.807) is 30.3 Å². The second-order valence-corrected chi connectivity index (χ2v) is 5.68. The van der Waals surface area contributed by atoms with E-state index in [1.807, 2.05) is 0 Å². The smallest absolute Gasteiger partial charge is 0.258 e. The van der Waals surface area contributed by atoms with Crippen molar-refractivity contribution in [3.63, 3.8) is 0 Å². The summed E-state index contributed by atoms with van der Waals surface area (Å²) in [5.41, 5.74) is 0.566. The van der Waals surface area contributed by atoms with Gasteiger partial charge in [-0.15, -0.1) is 11.8 Å². The topological polar surface area (TPSA) is 43.1 Å². The maximum absolute atomic E-state index is 13.6. The molecular weight excluding hydrogens is 333 g/mol. The molecule has 0 atom stereocenters. The van der Waals surface area contributed by atoms with Gasteiger partial charge in [0.1, 0.15) is 5.82 Å². The maximum atomic E-state index is 13.6. The minimum absolute atomic E-state index is 0.0463. The number of halogens is 2. The summed E-state index contributed by atoms with van der Waals surface area (Å²) in [5.74, 6) is 0.0321. The summed E-state index contributed by atoms with van der Waals surface area (Å²) >= 11 is 4.44. The highest BCUT2D eigenvalue weighted by atomic mass is 79.9. The Hall–Kier alpha value is -1.40. The second-order valence-electron chi connectivity index (χ2n) is 3.75. The van der Waals surface area contributed by atoms with Crippen LogP contribution in [0.15, 0.2) is 51.8 Å². The minimum atomic E-state index is -0.430. The number of nitrogens with zero attached hydrogens (tertiary/aromatic N) is 1. The molecule has 0 spiro atoms. The largest absolute Gasteiger partial charge is 0.282 e. The first-order valence-electron chi connectivity index (χ1n) is 5.38. The summed E-state index contributed by atoms with van der Waals surface area (Å²) in [6.45, 7) is 0. The molecule has 2 aromatic rings. The van der Waals surface area contributed by atoms with Crippen molar-refractivity contribution in [2.24, 2.45) is 0 Å². The molecule has 0 aliphatic carbocycles. The van der Waals surface area contributed by atoms with E-state index in [-0.39, 0.29) is 11.5 Å². The van der Waals surface area contributed by atoms with E-state index >= 15 is 0 Å². The fourth-order valence-corrected chi connectivity index (χ4v) is 2.87. The third-order valence-corrected chi connectivity index (χ3v) is 4.07. The quantitative estimate of drug-likeness (QED) is 0.456. The van der Waals surface area contributed by atoms with Crippen molar-refractivity contribution < 1.29 is 9.31 Å². The average molecular weight is 342 g/mol. The van der Waals surface area contributed by atoms with Crippen molar-refractivity contribution in [3.05, 3.63) is 68.4 Å². The normalized spacial score (nSPS) is 10.4. The highest BCUT2D eigenvalue weighted by molar-refractivity contribution is 9.10. The lowest BCUT2D eigenvalue weighted by molar-refractivity contribution is -0.387. The molecule has 0 fully saturated rings. The van der Waals surface area contributed by atoms with Crippen LogP contribution in [0, 0.1) is 15.9 Å². The zero-order valence-electron chi connectivity index (χ0n) is 9.68. The van der Waals surface area contributed by atoms with Gasteiger partial charge < -0.3 is 0 Å². The van der Waals surface area contributed by atoms with E-state index in [0.29, 0.717) is 20.7 Å². The van der Waals surface area contributed by atoms with Gasteiger partial charge in [0.2, 0.25) is 0 Å². The van der Waals surface area contributed by atoms with Crippen LogP contribution < -0.4 is 0 Å². The number of nitro benzene ring substituents is 1. The van der Waals surface area contributed by atoms with Crippen LogP contribution in [0.5, 0.6) is 0 Å². The van der Waals surface area contributed by atoms with Gasteiger partial charge in [0.25, 0.3) is 5.69 Å². The number of para-hydroxylation sites is 1. The first-order valence-corrected chi connectivity index (χ1v) is 7.16. The van der Waals surface area contributed by atoms with Gasteiger partial charge in [-0.1, -0.05) is 34.1 Å². The van der Waals surface area contributed by atoms with Crippen molar-refractivity contribution >= 4 is 33.4 Å². The Morgan fingerprint density at radius 2 is 2.00 bits per heavy atom. The summed E-state index contributed by atoms with van der Waals surface area (Å²) in [5, 5.41) is 10.9. The summed E-state index contributed by atoms with van der Waals surface area (Å²) in [6, 6.07) is 11.3. The number of rotatable bonds is 4. The van der Waals surface area contributed by atoms with Gasteiger partial charge in [-0.3, -0.25) is 10.1 Å². The van der Waals surface area contributed by atoms with Crippen molar-refractivity contribution in [2.45, 2.75) is 10.6 Å². The van der Waals surface area contributed by atoms with Crippen molar-refractivity contribution in [1.29, 1.82) is 0 Å². The number of thioether (sulfide) groups is 1. The van der Waals surface area contributed by atoms with Crippen LogP contribution >= 0.6 is 27.7 Å². The third-order valence-electron chi connectivity index (χ3n) is 2.46. The fraction of sp³-hybridized carbons (Fsp3) is 0.0769. The van der Waals surface area contributed by atoms with Crippen molar-refractivity contribution in [3.8, 4) is 0 Å². The Morgan fingerprint density at radius 1 is 1.26 bits per heavy atom. The van der Waals surface area contributed by atoms with Gasteiger partial charge in [0, 0.05) is 16.3 Å². The van der Waals surface area contributed by atoms with Crippen LogP contribution in [0.25, 0.3) is 0 Å². The van der Waals surface area contributed by atoms with Gasteiger partial charge in [0.15, 0.2) is 0 Å². The van der Waals surface area contributed by atoms with Crippen LogP contribution in [0.3, 0.4) is 0 Å². The Morgan fingerprint density at radius 3 is 2.68 bits per heavy atom. The van der Waals surface area contributed by atoms with E-state index in [0.717, 1.165) is 0 Å². The maximum Gasteiger partial charge on any atom is 0.282 e. The lowest BCUT2D eigenvalue weighted by atomic mass is 10.2. The van der Waals surface area contributed by atoms with Gasteiger partial charge in [-0.05, 0) is 23.8 Å². The Labute approximate surface area is 122 Å². The molecule has 2 aromatic carbocycles. The van der Waals surface area contributed by atoms with E-state index < -0.39 is 4.92 Å². The molecular formula is C13H9BrFNO2S. The summed E-state index contributed by atoms with van der Waals surface area (Å²) in [7, 11) is 0. The fourth-order valence-electron chi connectivity index (χ4n) is 1.52. The zero-order chi connectivity index (χ0) is 13.8. The molecule has 0 aromatic heterocycles. The number of hydrogen-bond donors (Lipinski definition) is 0. The molecule has 98 valence electrons. The Kier molecular flexibility index (Phi) is 4.55. The van der Waals surface area contributed by atoms with Gasteiger partial charge in [0.05, 0.1) is 9.82 Å². The van der Waals surface area contributed by atoms with Crippen molar-refractivity contribution in [1.82, 2.24) is 0 Å². The van der Waals surface area contributed by atoms with Crippen molar-refractivity contribution in [2.75, 3.05) is 0 Å². The molecule has 6 heteroatoms. The van der Waals surface area contributed by atoms with Crippen LogP contribution in [0.4, 0.5) is 10.1 Å². The minimum Gasteiger partial charge on any atom is -0.258 e. The molecule has 0 bridgehead atoms. The molecule has 0 radical (unpaired) electrons. The molecule has 3 nitrogen and oxygen atoms in total. The van der Waals surface area contributed by atoms with Crippen LogP contribution in [0.2, 0.25) is 0 Å². The average Bonchev–Trinajstić information content (AvgIpc) is 2.38. The first-order chi connectivity index (χ1) is 9.08. The lowest BCUT2D eigenvalue weighted by Gasteiger charge is -2.04. The molecule has 0 saturated carbocycles. The van der Waals surface area contributed by atoms with E-state index in [1.165, 1.54) is 23.9 Å². The SMILES string of the molecule is O=[N+]([O-])c1ccccc1SCc1ccc(Br)cc1F. The number of hydrogen-bond acceptors (Lipinski definition) is 3. The zero-order valence-corrected chi connectivity index (χ0v) is 12.1. The molecule has 0 unspecified atom stereocenters. The molecule has 0 aliphatic rings. The van der Waals surface area contributed by atoms with E-state index in [2.05, 4.69) is 15.9 Å². The Bertz CT molecular complexity index is 621. The van der Waals surface area contributed by atoms with Crippen LogP contribution in [0.1, 0.15) is 5.56 Å². The highest BCUT2D eigenvalue weighted by Gasteiger charge is 2.13. The summed E-state index contributed by atoms with van der Waals surface area (Å²) in [4.78, 5) is 11.0. The van der Waals surface area contributed by atoms with Crippen LogP contribution in [-0.2, 0) is 5.75 Å². The molecule has 0 amide bonds. The number of benzene rings is 2. The molecule has 0 saturated heterocycles. The number of nitro groups is 1. The highest BCUT2D eigenvalue weighted by Crippen LogP contribution is 2.32. The molecule has 0 N–H and O–H groups in total. The van der Waals surface area contributed by atoms with E-state index in [9.17, 15) is 14.5 Å². The van der Waals surface area contributed by atoms with Gasteiger partial charge in [-0.2, -0.15) is 0 Å². The molecule has 2 rings (SSSR count). The molecule has 19 heavy (non-hydrogen) atoms. The first kappa shape index (κ1) is 14.0. The van der Waals surface area contributed by atoms with E-state index in [4.69, 9.17) is 0 Å². The third kappa shape index (κ3) is 3.54. The van der Waals surface area contributed by atoms with Crippen LogP contribution in [-0.4, -0.2) is 4.92 Å². The second kappa shape index (κ2) is 6.16. The summed E-state index contributed by atoms with van der Waals surface area (Å²) < 4.78 is 14.3. The lowest BCUT2D eigenvalue weighted by Crippen LogP contribution is -1.92. The molecule has 0 heterocycles. The monoisotopic (exact) mass is 341 g/mol. The van der Waals surface area contributed by atoms with Gasteiger partial charge in [-0.25, -0.2) is 4.39 Å². The predicted octanol–water partition coefficient (Wildman–Crippen LogP) is 4.79. The Balaban J connectivity index is 2.17. The predicted molar refractivity (Wildman–Crippen MR) is 76.8 cm³/mol. The molecule has 0 aliphatic heterocycles.